The Morgan fingerprint density at radius 2 is 1.70 bits per heavy atom. The maximum atomic E-state index is 3.78. The molecule has 0 amide bonds. The SMILES string of the molecule is C1CN2CCC(C3CNCC4C5CCC(C5)N43)C2CN1. The summed E-state index contributed by atoms with van der Waals surface area (Å²) >= 11 is 0. The molecule has 1 aliphatic carbocycles. The molecular weight excluding hydrogens is 248 g/mol. The number of fused-ring (bicyclic) bond motifs is 6. The predicted molar refractivity (Wildman–Crippen MR) is 79.8 cm³/mol. The fraction of sp³-hybridized carbons (Fsp3) is 1.00. The first-order chi connectivity index (χ1) is 9.92. The molecule has 5 aliphatic rings. The number of piperidine rings is 1. The Labute approximate surface area is 122 Å². The van der Waals surface area contributed by atoms with E-state index in [1.807, 2.05) is 0 Å². The average molecular weight is 276 g/mol. The third-order valence-electron chi connectivity index (χ3n) is 7.02. The number of hydrogen-bond acceptors (Lipinski definition) is 4. The first-order valence-corrected chi connectivity index (χ1v) is 8.85. The van der Waals surface area contributed by atoms with Crippen molar-refractivity contribution in [2.24, 2.45) is 11.8 Å². The van der Waals surface area contributed by atoms with Crippen LogP contribution in [0.4, 0.5) is 0 Å². The zero-order valence-corrected chi connectivity index (χ0v) is 12.4. The van der Waals surface area contributed by atoms with Crippen molar-refractivity contribution in [2.75, 3.05) is 39.3 Å². The molecule has 4 aliphatic heterocycles. The highest BCUT2D eigenvalue weighted by atomic mass is 15.3. The summed E-state index contributed by atoms with van der Waals surface area (Å²) in [6, 6.07) is 3.44. The van der Waals surface area contributed by atoms with E-state index in [2.05, 4.69) is 20.4 Å². The molecule has 0 radical (unpaired) electrons. The number of rotatable bonds is 1. The van der Waals surface area contributed by atoms with Gasteiger partial charge in [0.15, 0.2) is 0 Å². The van der Waals surface area contributed by atoms with E-state index in [0.29, 0.717) is 0 Å². The number of nitrogens with zero attached hydrogens (tertiary/aromatic N) is 2. The van der Waals surface area contributed by atoms with Gasteiger partial charge in [-0.25, -0.2) is 0 Å². The van der Waals surface area contributed by atoms with E-state index in [9.17, 15) is 0 Å². The van der Waals surface area contributed by atoms with Crippen molar-refractivity contribution in [1.82, 2.24) is 20.4 Å². The van der Waals surface area contributed by atoms with Crippen molar-refractivity contribution in [2.45, 2.75) is 49.9 Å². The second kappa shape index (κ2) is 4.67. The quantitative estimate of drug-likeness (QED) is 0.711. The van der Waals surface area contributed by atoms with Crippen LogP contribution in [0.2, 0.25) is 0 Å². The minimum atomic E-state index is 0.813. The van der Waals surface area contributed by atoms with Crippen molar-refractivity contribution in [3.63, 3.8) is 0 Å². The van der Waals surface area contributed by atoms with Crippen LogP contribution in [0.25, 0.3) is 0 Å². The molecule has 6 atom stereocenters. The van der Waals surface area contributed by atoms with Crippen molar-refractivity contribution in [1.29, 1.82) is 0 Å². The second-order valence-corrected chi connectivity index (χ2v) is 7.73. The zero-order chi connectivity index (χ0) is 13.1. The molecule has 0 aromatic carbocycles. The molecule has 5 rings (SSSR count). The molecule has 6 unspecified atom stereocenters. The lowest BCUT2D eigenvalue weighted by molar-refractivity contribution is 0.0144. The van der Waals surface area contributed by atoms with E-state index >= 15 is 0 Å². The molecular formula is C16H28N4. The Morgan fingerprint density at radius 3 is 2.70 bits per heavy atom. The van der Waals surface area contributed by atoms with E-state index in [1.54, 1.807) is 0 Å². The minimum Gasteiger partial charge on any atom is -0.314 e. The topological polar surface area (TPSA) is 30.5 Å². The van der Waals surface area contributed by atoms with Crippen LogP contribution in [-0.4, -0.2) is 73.2 Å². The molecule has 4 saturated heterocycles. The highest BCUT2D eigenvalue weighted by molar-refractivity contribution is 5.09. The summed E-state index contributed by atoms with van der Waals surface area (Å²) in [7, 11) is 0. The molecule has 4 heteroatoms. The number of nitrogens with one attached hydrogen (secondary N) is 2. The Balaban J connectivity index is 1.40. The lowest BCUT2D eigenvalue weighted by atomic mass is 9.85. The van der Waals surface area contributed by atoms with Gasteiger partial charge in [0.2, 0.25) is 0 Å². The van der Waals surface area contributed by atoms with Crippen LogP contribution in [0.1, 0.15) is 25.7 Å². The third-order valence-corrected chi connectivity index (χ3v) is 7.02. The van der Waals surface area contributed by atoms with Gasteiger partial charge >= 0.3 is 0 Å². The fourth-order valence-electron chi connectivity index (χ4n) is 6.20. The van der Waals surface area contributed by atoms with Gasteiger partial charge in [-0.3, -0.25) is 9.80 Å². The summed E-state index contributed by atoms with van der Waals surface area (Å²) in [6.07, 6.45) is 5.92. The molecule has 0 aromatic rings. The van der Waals surface area contributed by atoms with Crippen molar-refractivity contribution in [3.8, 4) is 0 Å². The Bertz CT molecular complexity index is 387. The summed E-state index contributed by atoms with van der Waals surface area (Å²) in [5.74, 6) is 1.91. The van der Waals surface area contributed by atoms with Crippen LogP contribution >= 0.6 is 0 Å². The second-order valence-electron chi connectivity index (χ2n) is 7.73. The Morgan fingerprint density at radius 1 is 0.800 bits per heavy atom. The van der Waals surface area contributed by atoms with Gasteiger partial charge in [-0.1, -0.05) is 0 Å². The van der Waals surface area contributed by atoms with Crippen molar-refractivity contribution in [3.05, 3.63) is 0 Å². The Kier molecular flexibility index (Phi) is 2.89. The number of hydrogen-bond donors (Lipinski definition) is 2. The van der Waals surface area contributed by atoms with Crippen LogP contribution < -0.4 is 10.6 Å². The van der Waals surface area contributed by atoms with Gasteiger partial charge in [-0.05, 0) is 44.1 Å². The van der Waals surface area contributed by atoms with Crippen LogP contribution in [0.15, 0.2) is 0 Å². The van der Waals surface area contributed by atoms with Gasteiger partial charge < -0.3 is 10.6 Å². The maximum absolute atomic E-state index is 3.78. The minimum absolute atomic E-state index is 0.813. The summed E-state index contributed by atoms with van der Waals surface area (Å²) in [5, 5.41) is 7.42. The molecule has 0 spiro atoms. The fourth-order valence-corrected chi connectivity index (χ4v) is 6.20. The van der Waals surface area contributed by atoms with Gasteiger partial charge in [0.05, 0.1) is 0 Å². The number of piperazine rings is 2. The van der Waals surface area contributed by atoms with Crippen LogP contribution in [0.5, 0.6) is 0 Å². The molecule has 112 valence electrons. The highest BCUT2D eigenvalue weighted by Crippen LogP contribution is 2.46. The monoisotopic (exact) mass is 276 g/mol. The molecule has 4 nitrogen and oxygen atoms in total. The van der Waals surface area contributed by atoms with Gasteiger partial charge in [0.1, 0.15) is 0 Å². The zero-order valence-electron chi connectivity index (χ0n) is 12.4. The molecule has 2 N–H and O–H groups in total. The first kappa shape index (κ1) is 12.4. The lowest BCUT2D eigenvalue weighted by Crippen LogP contribution is -2.64. The largest absolute Gasteiger partial charge is 0.314 e. The van der Waals surface area contributed by atoms with E-state index in [4.69, 9.17) is 0 Å². The van der Waals surface area contributed by atoms with E-state index in [1.165, 1.54) is 65.0 Å². The normalized spacial score (nSPS) is 52.2. The molecule has 1 saturated carbocycles. The summed E-state index contributed by atoms with van der Waals surface area (Å²) in [6.45, 7) is 7.56. The molecule has 0 aromatic heterocycles. The first-order valence-electron chi connectivity index (χ1n) is 8.85. The standard InChI is InChI=1S/C16H28N4/c1-2-12-7-11(1)14-8-18-10-16(20(12)14)13-3-5-19-6-4-17-9-15(13)19/h11-18H,1-10H2. The molecule has 4 heterocycles. The van der Waals surface area contributed by atoms with E-state index in [0.717, 1.165) is 36.0 Å². The molecule has 20 heavy (non-hydrogen) atoms. The Hall–Kier alpha value is -0.160. The van der Waals surface area contributed by atoms with Crippen LogP contribution in [0.3, 0.4) is 0 Å². The summed E-state index contributed by atoms with van der Waals surface area (Å²) < 4.78 is 0. The lowest BCUT2D eigenvalue weighted by Gasteiger charge is -2.49. The summed E-state index contributed by atoms with van der Waals surface area (Å²) in [4.78, 5) is 5.76. The third kappa shape index (κ3) is 1.68. The molecule has 5 fully saturated rings. The average Bonchev–Trinajstić information content (AvgIpc) is 3.21. The maximum Gasteiger partial charge on any atom is 0.0271 e. The predicted octanol–water partition coefficient (Wildman–Crippen LogP) is 0.105. The van der Waals surface area contributed by atoms with Gasteiger partial charge in [0.25, 0.3) is 0 Å². The van der Waals surface area contributed by atoms with E-state index < -0.39 is 0 Å². The summed E-state index contributed by atoms with van der Waals surface area (Å²) in [5.41, 5.74) is 0. The molecule has 2 bridgehead atoms. The van der Waals surface area contributed by atoms with Crippen LogP contribution in [0, 0.1) is 11.8 Å². The van der Waals surface area contributed by atoms with Gasteiger partial charge in [0, 0.05) is 56.9 Å². The van der Waals surface area contributed by atoms with Crippen LogP contribution in [-0.2, 0) is 0 Å². The van der Waals surface area contributed by atoms with Crippen molar-refractivity contribution >= 4 is 0 Å². The van der Waals surface area contributed by atoms with E-state index in [-0.39, 0.29) is 0 Å². The van der Waals surface area contributed by atoms with Gasteiger partial charge in [-0.15, -0.1) is 0 Å². The smallest absolute Gasteiger partial charge is 0.0271 e. The van der Waals surface area contributed by atoms with Gasteiger partial charge in [-0.2, -0.15) is 0 Å². The van der Waals surface area contributed by atoms with Crippen molar-refractivity contribution < 1.29 is 0 Å². The highest BCUT2D eigenvalue weighted by Gasteiger charge is 2.53.